The average molecular weight is 238 g/mol. The molecule has 0 saturated carbocycles. The van der Waals surface area contributed by atoms with E-state index in [2.05, 4.69) is 41.6 Å². The molecular formula is C12H12ClNS. The molecule has 0 aliphatic rings. The molecule has 1 heterocycles. The van der Waals surface area contributed by atoms with Gasteiger partial charge in [-0.2, -0.15) is 0 Å². The summed E-state index contributed by atoms with van der Waals surface area (Å²) in [4.78, 5) is 4.55. The SMILES string of the molecule is Cc1cccc(-c2csc(CCCl)n2)c1. The first kappa shape index (κ1) is 10.7. The molecule has 1 aromatic carbocycles. The van der Waals surface area contributed by atoms with Crippen LogP contribution in [0.3, 0.4) is 0 Å². The van der Waals surface area contributed by atoms with E-state index in [1.165, 1.54) is 11.1 Å². The van der Waals surface area contributed by atoms with Crippen molar-refractivity contribution < 1.29 is 0 Å². The van der Waals surface area contributed by atoms with Crippen LogP contribution in [-0.4, -0.2) is 10.9 Å². The fourth-order valence-electron chi connectivity index (χ4n) is 1.44. The second kappa shape index (κ2) is 4.77. The third kappa shape index (κ3) is 2.58. The Morgan fingerprint density at radius 3 is 3.00 bits per heavy atom. The van der Waals surface area contributed by atoms with Crippen molar-refractivity contribution in [3.8, 4) is 11.3 Å². The van der Waals surface area contributed by atoms with Crippen molar-refractivity contribution in [2.45, 2.75) is 13.3 Å². The van der Waals surface area contributed by atoms with Crippen LogP contribution in [0.5, 0.6) is 0 Å². The van der Waals surface area contributed by atoms with Crippen LogP contribution < -0.4 is 0 Å². The lowest BCUT2D eigenvalue weighted by molar-refractivity contribution is 1.10. The molecule has 0 saturated heterocycles. The summed E-state index contributed by atoms with van der Waals surface area (Å²) < 4.78 is 0. The second-order valence-electron chi connectivity index (χ2n) is 3.43. The van der Waals surface area contributed by atoms with E-state index in [1.54, 1.807) is 11.3 Å². The first-order chi connectivity index (χ1) is 7.29. The summed E-state index contributed by atoms with van der Waals surface area (Å²) in [6, 6.07) is 8.40. The van der Waals surface area contributed by atoms with Gasteiger partial charge in [-0.25, -0.2) is 4.98 Å². The molecule has 0 aliphatic carbocycles. The molecule has 0 amide bonds. The van der Waals surface area contributed by atoms with Crippen molar-refractivity contribution >= 4 is 22.9 Å². The molecule has 0 atom stereocenters. The van der Waals surface area contributed by atoms with E-state index in [1.807, 2.05) is 0 Å². The van der Waals surface area contributed by atoms with E-state index >= 15 is 0 Å². The number of aromatic nitrogens is 1. The molecule has 15 heavy (non-hydrogen) atoms. The van der Waals surface area contributed by atoms with Crippen LogP contribution in [-0.2, 0) is 6.42 Å². The van der Waals surface area contributed by atoms with Crippen LogP contribution in [0.15, 0.2) is 29.6 Å². The van der Waals surface area contributed by atoms with E-state index in [-0.39, 0.29) is 0 Å². The van der Waals surface area contributed by atoms with Gasteiger partial charge in [-0.1, -0.05) is 23.8 Å². The normalized spacial score (nSPS) is 10.5. The van der Waals surface area contributed by atoms with Gasteiger partial charge in [0.1, 0.15) is 0 Å². The van der Waals surface area contributed by atoms with Gasteiger partial charge in [0.05, 0.1) is 10.7 Å². The summed E-state index contributed by atoms with van der Waals surface area (Å²) in [5, 5.41) is 3.21. The quantitative estimate of drug-likeness (QED) is 0.738. The lowest BCUT2D eigenvalue weighted by Crippen LogP contribution is -1.85. The Morgan fingerprint density at radius 1 is 1.40 bits per heavy atom. The minimum atomic E-state index is 0.640. The van der Waals surface area contributed by atoms with Crippen LogP contribution in [0.1, 0.15) is 10.6 Å². The molecule has 1 nitrogen and oxygen atoms in total. The predicted molar refractivity (Wildman–Crippen MR) is 66.7 cm³/mol. The Kier molecular flexibility index (Phi) is 3.39. The summed E-state index contributed by atoms with van der Waals surface area (Å²) in [6.07, 6.45) is 0.859. The second-order valence-corrected chi connectivity index (χ2v) is 4.76. The number of hydrogen-bond donors (Lipinski definition) is 0. The van der Waals surface area contributed by atoms with Crippen LogP contribution >= 0.6 is 22.9 Å². The largest absolute Gasteiger partial charge is 0.241 e. The summed E-state index contributed by atoms with van der Waals surface area (Å²) in [6.45, 7) is 2.09. The molecule has 0 spiro atoms. The lowest BCUT2D eigenvalue weighted by Gasteiger charge is -1.97. The van der Waals surface area contributed by atoms with Crippen molar-refractivity contribution in [3.63, 3.8) is 0 Å². The van der Waals surface area contributed by atoms with Gasteiger partial charge >= 0.3 is 0 Å². The maximum absolute atomic E-state index is 5.68. The Labute approximate surface area is 98.7 Å². The number of alkyl halides is 1. The van der Waals surface area contributed by atoms with Crippen molar-refractivity contribution in [2.75, 3.05) is 5.88 Å². The average Bonchev–Trinajstić information content (AvgIpc) is 2.67. The smallest absolute Gasteiger partial charge is 0.0944 e. The Bertz CT molecular complexity index is 450. The number of thiazole rings is 1. The number of rotatable bonds is 3. The standard InChI is InChI=1S/C12H12ClNS/c1-9-3-2-4-10(7-9)11-8-15-12(14-11)5-6-13/h2-4,7-8H,5-6H2,1H3. The Morgan fingerprint density at radius 2 is 2.27 bits per heavy atom. The van der Waals surface area contributed by atoms with Gasteiger partial charge in [-0.3, -0.25) is 0 Å². The van der Waals surface area contributed by atoms with Gasteiger partial charge in [0.2, 0.25) is 0 Å². The molecule has 0 radical (unpaired) electrons. The number of nitrogens with zero attached hydrogens (tertiary/aromatic N) is 1. The van der Waals surface area contributed by atoms with E-state index in [0.29, 0.717) is 5.88 Å². The van der Waals surface area contributed by atoms with Crippen LogP contribution in [0, 0.1) is 6.92 Å². The van der Waals surface area contributed by atoms with E-state index in [9.17, 15) is 0 Å². The summed E-state index contributed by atoms with van der Waals surface area (Å²) in [5.41, 5.74) is 3.51. The third-order valence-corrected chi connectivity index (χ3v) is 3.27. The first-order valence-electron chi connectivity index (χ1n) is 4.87. The zero-order valence-corrected chi connectivity index (χ0v) is 10.1. The van der Waals surface area contributed by atoms with Crippen LogP contribution in [0.4, 0.5) is 0 Å². The zero-order chi connectivity index (χ0) is 10.7. The fraction of sp³-hybridized carbons (Fsp3) is 0.250. The maximum atomic E-state index is 5.68. The van der Waals surface area contributed by atoms with Gasteiger partial charge in [0.25, 0.3) is 0 Å². The molecule has 78 valence electrons. The summed E-state index contributed by atoms with van der Waals surface area (Å²) in [7, 11) is 0. The molecule has 3 heteroatoms. The minimum absolute atomic E-state index is 0.640. The van der Waals surface area contributed by atoms with Crippen molar-refractivity contribution in [1.82, 2.24) is 4.98 Å². The molecule has 0 fully saturated rings. The fourth-order valence-corrected chi connectivity index (χ4v) is 2.54. The number of halogens is 1. The van der Waals surface area contributed by atoms with Gasteiger partial charge in [-0.15, -0.1) is 22.9 Å². The molecule has 2 rings (SSSR count). The Hall–Kier alpha value is -0.860. The molecule has 0 unspecified atom stereocenters. The molecule has 0 aliphatic heterocycles. The van der Waals surface area contributed by atoms with Gasteiger partial charge in [-0.05, 0) is 13.0 Å². The predicted octanol–water partition coefficient (Wildman–Crippen LogP) is 3.90. The number of aryl methyl sites for hydroxylation is 2. The lowest BCUT2D eigenvalue weighted by atomic mass is 10.1. The Balaban J connectivity index is 2.29. The van der Waals surface area contributed by atoms with Crippen molar-refractivity contribution in [2.24, 2.45) is 0 Å². The van der Waals surface area contributed by atoms with Crippen LogP contribution in [0.2, 0.25) is 0 Å². The molecule has 0 N–H and O–H groups in total. The van der Waals surface area contributed by atoms with Crippen molar-refractivity contribution in [1.29, 1.82) is 0 Å². The van der Waals surface area contributed by atoms with E-state index in [0.717, 1.165) is 17.1 Å². The monoisotopic (exact) mass is 237 g/mol. The maximum Gasteiger partial charge on any atom is 0.0944 e. The molecule has 2 aromatic rings. The van der Waals surface area contributed by atoms with Gasteiger partial charge < -0.3 is 0 Å². The third-order valence-electron chi connectivity index (χ3n) is 2.17. The van der Waals surface area contributed by atoms with E-state index in [4.69, 9.17) is 11.6 Å². The van der Waals surface area contributed by atoms with Crippen molar-refractivity contribution in [3.05, 3.63) is 40.2 Å². The number of benzene rings is 1. The first-order valence-corrected chi connectivity index (χ1v) is 6.28. The highest BCUT2D eigenvalue weighted by atomic mass is 35.5. The molecule has 1 aromatic heterocycles. The molecular weight excluding hydrogens is 226 g/mol. The molecule has 0 bridgehead atoms. The highest BCUT2D eigenvalue weighted by Gasteiger charge is 2.03. The van der Waals surface area contributed by atoms with E-state index < -0.39 is 0 Å². The topological polar surface area (TPSA) is 12.9 Å². The summed E-state index contributed by atoms with van der Waals surface area (Å²) >= 11 is 7.36. The zero-order valence-electron chi connectivity index (χ0n) is 8.53. The minimum Gasteiger partial charge on any atom is -0.241 e. The summed E-state index contributed by atoms with van der Waals surface area (Å²) in [5.74, 6) is 0.640. The highest BCUT2D eigenvalue weighted by Crippen LogP contribution is 2.22. The number of hydrogen-bond acceptors (Lipinski definition) is 2. The van der Waals surface area contributed by atoms with Gasteiger partial charge in [0, 0.05) is 23.2 Å². The highest BCUT2D eigenvalue weighted by molar-refractivity contribution is 7.10. The van der Waals surface area contributed by atoms with Crippen LogP contribution in [0.25, 0.3) is 11.3 Å². The van der Waals surface area contributed by atoms with Gasteiger partial charge in [0.15, 0.2) is 0 Å².